The molecule has 4 rings (SSSR count). The van der Waals surface area contributed by atoms with E-state index >= 15 is 0 Å². The zero-order valence-electron chi connectivity index (χ0n) is 7.05. The molecular formula is C10H13ClS. The summed E-state index contributed by atoms with van der Waals surface area (Å²) in [6.45, 7) is 0. The topological polar surface area (TPSA) is 0 Å². The van der Waals surface area contributed by atoms with Crippen LogP contribution in [0.1, 0.15) is 32.1 Å². The molecule has 4 aliphatic carbocycles. The van der Waals surface area contributed by atoms with E-state index in [1.165, 1.54) is 37.0 Å². The van der Waals surface area contributed by atoms with Crippen LogP contribution in [0, 0.1) is 17.8 Å². The fraction of sp³-hybridized carbons (Fsp3) is 0.900. The van der Waals surface area contributed by atoms with Crippen LogP contribution in [0.4, 0.5) is 0 Å². The summed E-state index contributed by atoms with van der Waals surface area (Å²) in [5.41, 5.74) is 0. The first kappa shape index (κ1) is 7.75. The summed E-state index contributed by atoms with van der Waals surface area (Å²) in [6.07, 6.45) is 6.33. The van der Waals surface area contributed by atoms with Gasteiger partial charge in [-0.1, -0.05) is 12.2 Å². The van der Waals surface area contributed by atoms with Crippen LogP contribution in [0.2, 0.25) is 0 Å². The summed E-state index contributed by atoms with van der Waals surface area (Å²) in [7, 11) is 0. The van der Waals surface area contributed by atoms with Crippen LogP contribution < -0.4 is 0 Å². The minimum atomic E-state index is 0.165. The smallest absolute Gasteiger partial charge is 0.0461 e. The molecule has 2 heteroatoms. The van der Waals surface area contributed by atoms with Gasteiger partial charge in [0.15, 0.2) is 0 Å². The Hall–Kier alpha value is 0.380. The second kappa shape index (κ2) is 2.24. The third-order valence-electron chi connectivity index (χ3n) is 3.92. The molecule has 0 aromatic carbocycles. The molecule has 4 saturated carbocycles. The summed E-state index contributed by atoms with van der Waals surface area (Å²) in [4.78, 5) is 1.53. The summed E-state index contributed by atoms with van der Waals surface area (Å²) >= 11 is 12.0. The van der Waals surface area contributed by atoms with E-state index in [9.17, 15) is 0 Å². The largest absolute Gasteiger partial charge is 0.119 e. The van der Waals surface area contributed by atoms with Crippen LogP contribution in [-0.4, -0.2) is 9.74 Å². The molecule has 66 valence electrons. The average molecular weight is 201 g/mol. The van der Waals surface area contributed by atoms with Gasteiger partial charge in [-0.25, -0.2) is 0 Å². The monoisotopic (exact) mass is 200 g/mol. The van der Waals surface area contributed by atoms with Gasteiger partial charge in [-0.15, -0.1) is 11.6 Å². The fourth-order valence-electron chi connectivity index (χ4n) is 3.65. The molecule has 0 radical (unpaired) electrons. The van der Waals surface area contributed by atoms with E-state index in [1.807, 2.05) is 0 Å². The van der Waals surface area contributed by atoms with Crippen molar-refractivity contribution in [3.05, 3.63) is 0 Å². The molecule has 4 bridgehead atoms. The lowest BCUT2D eigenvalue weighted by atomic mass is 9.56. The molecule has 0 N–H and O–H groups in total. The van der Waals surface area contributed by atoms with Crippen molar-refractivity contribution in [2.24, 2.45) is 17.8 Å². The second-order valence-corrected chi connectivity index (χ2v) is 6.17. The predicted molar refractivity (Wildman–Crippen MR) is 54.7 cm³/mol. The molecule has 2 atom stereocenters. The lowest BCUT2D eigenvalue weighted by Crippen LogP contribution is -2.51. The van der Waals surface area contributed by atoms with Crippen molar-refractivity contribution >= 4 is 28.7 Å². The van der Waals surface area contributed by atoms with Gasteiger partial charge in [-0.05, 0) is 54.7 Å². The minimum Gasteiger partial charge on any atom is -0.119 e. The quantitative estimate of drug-likeness (QED) is 0.428. The zero-order chi connectivity index (χ0) is 8.34. The lowest BCUT2D eigenvalue weighted by Gasteiger charge is -2.54. The van der Waals surface area contributed by atoms with Gasteiger partial charge >= 0.3 is 0 Å². The first-order valence-corrected chi connectivity index (χ1v) is 5.68. The van der Waals surface area contributed by atoms with Crippen LogP contribution in [0.3, 0.4) is 0 Å². The highest BCUT2D eigenvalue weighted by molar-refractivity contribution is 7.80. The SMILES string of the molecule is S=C1C2CC3CC1CC(Cl)(C3)C2. The Kier molecular flexibility index (Phi) is 1.45. The zero-order valence-corrected chi connectivity index (χ0v) is 8.63. The van der Waals surface area contributed by atoms with Crippen molar-refractivity contribution < 1.29 is 0 Å². The Morgan fingerprint density at radius 3 is 2.25 bits per heavy atom. The third-order valence-corrected chi connectivity index (χ3v) is 5.05. The van der Waals surface area contributed by atoms with Crippen LogP contribution >= 0.6 is 23.8 Å². The van der Waals surface area contributed by atoms with E-state index < -0.39 is 0 Å². The summed E-state index contributed by atoms with van der Waals surface area (Å²) < 4.78 is 0. The van der Waals surface area contributed by atoms with E-state index in [-0.39, 0.29) is 4.87 Å². The lowest BCUT2D eigenvalue weighted by molar-refractivity contribution is 0.130. The highest BCUT2D eigenvalue weighted by atomic mass is 35.5. The predicted octanol–water partition coefficient (Wildman–Crippen LogP) is 3.17. The molecule has 0 aliphatic heterocycles. The Labute approximate surface area is 83.7 Å². The Balaban J connectivity index is 2.00. The number of halogens is 1. The third kappa shape index (κ3) is 0.927. The van der Waals surface area contributed by atoms with Crippen LogP contribution in [0.15, 0.2) is 0 Å². The van der Waals surface area contributed by atoms with Crippen molar-refractivity contribution in [3.8, 4) is 0 Å². The molecule has 0 aromatic heterocycles. The molecule has 12 heavy (non-hydrogen) atoms. The van der Waals surface area contributed by atoms with E-state index in [0.29, 0.717) is 11.8 Å². The van der Waals surface area contributed by atoms with Crippen molar-refractivity contribution in [1.82, 2.24) is 0 Å². The average Bonchev–Trinajstić information content (AvgIpc) is 1.96. The Morgan fingerprint density at radius 2 is 1.75 bits per heavy atom. The minimum absolute atomic E-state index is 0.165. The molecule has 0 aromatic rings. The molecule has 4 aliphatic rings. The van der Waals surface area contributed by atoms with Crippen molar-refractivity contribution in [3.63, 3.8) is 0 Å². The summed E-state index contributed by atoms with van der Waals surface area (Å²) in [5, 5.41) is 0. The number of rotatable bonds is 0. The van der Waals surface area contributed by atoms with Gasteiger partial charge < -0.3 is 0 Å². The highest BCUT2D eigenvalue weighted by Crippen LogP contribution is 2.57. The normalized spacial score (nSPS) is 56.4. The van der Waals surface area contributed by atoms with E-state index in [0.717, 1.165) is 5.92 Å². The van der Waals surface area contributed by atoms with E-state index in [4.69, 9.17) is 23.8 Å². The van der Waals surface area contributed by atoms with Crippen LogP contribution in [-0.2, 0) is 0 Å². The highest BCUT2D eigenvalue weighted by Gasteiger charge is 2.52. The van der Waals surface area contributed by atoms with Gasteiger partial charge in [0.2, 0.25) is 0 Å². The maximum atomic E-state index is 6.54. The number of hydrogen-bond acceptors (Lipinski definition) is 1. The van der Waals surface area contributed by atoms with Crippen molar-refractivity contribution in [2.45, 2.75) is 37.0 Å². The number of thiocarbonyl (C=S) groups is 1. The first-order chi connectivity index (χ1) is 5.66. The summed E-state index contributed by atoms with van der Waals surface area (Å²) in [6, 6.07) is 0. The molecule has 0 spiro atoms. The van der Waals surface area contributed by atoms with Gasteiger partial charge in [-0.2, -0.15) is 0 Å². The van der Waals surface area contributed by atoms with Crippen LogP contribution in [0.25, 0.3) is 0 Å². The maximum absolute atomic E-state index is 6.54. The van der Waals surface area contributed by atoms with Crippen molar-refractivity contribution in [1.29, 1.82) is 0 Å². The number of hydrogen-bond donors (Lipinski definition) is 0. The molecule has 0 nitrogen and oxygen atoms in total. The Morgan fingerprint density at radius 1 is 1.17 bits per heavy atom. The molecular weight excluding hydrogens is 188 g/mol. The van der Waals surface area contributed by atoms with E-state index in [1.54, 1.807) is 0 Å². The number of alkyl halides is 1. The van der Waals surface area contributed by atoms with E-state index in [2.05, 4.69) is 0 Å². The Bertz CT molecular complexity index is 230. The van der Waals surface area contributed by atoms with Gasteiger partial charge in [0, 0.05) is 4.87 Å². The molecule has 0 saturated heterocycles. The first-order valence-electron chi connectivity index (χ1n) is 4.89. The van der Waals surface area contributed by atoms with Crippen LogP contribution in [0.5, 0.6) is 0 Å². The van der Waals surface area contributed by atoms with Gasteiger partial charge in [-0.3, -0.25) is 0 Å². The van der Waals surface area contributed by atoms with Gasteiger partial charge in [0.1, 0.15) is 0 Å². The van der Waals surface area contributed by atoms with Gasteiger partial charge in [0.05, 0.1) is 0 Å². The fourth-order valence-corrected chi connectivity index (χ4v) is 4.60. The molecule has 4 fully saturated rings. The van der Waals surface area contributed by atoms with Gasteiger partial charge in [0.25, 0.3) is 0 Å². The summed E-state index contributed by atoms with van der Waals surface area (Å²) in [5.74, 6) is 2.33. The molecule has 0 amide bonds. The molecule has 0 heterocycles. The molecule has 2 unspecified atom stereocenters. The maximum Gasteiger partial charge on any atom is 0.0461 e. The standard InChI is InChI=1S/C10H13ClS/c11-10-3-6-1-7(4-10)9(12)8(2-6)5-10/h6-8H,1-5H2. The second-order valence-electron chi connectivity index (χ2n) is 4.90. The van der Waals surface area contributed by atoms with Crippen molar-refractivity contribution in [2.75, 3.05) is 0 Å².